The number of hydrogen-bond donors (Lipinski definition) is 2. The van der Waals surface area contributed by atoms with Crippen molar-refractivity contribution in [3.05, 3.63) is 59.7 Å². The molecule has 3 rings (SSSR count). The Kier molecular flexibility index (Phi) is 5.43. The second-order valence-corrected chi connectivity index (χ2v) is 7.57. The molecule has 1 heterocycles. The first-order valence-electron chi connectivity index (χ1n) is 8.53. The molecule has 0 aromatic heterocycles. The molecule has 0 radical (unpaired) electrons. The summed E-state index contributed by atoms with van der Waals surface area (Å²) in [7, 11) is 0. The van der Waals surface area contributed by atoms with E-state index in [4.69, 9.17) is 0 Å². The summed E-state index contributed by atoms with van der Waals surface area (Å²) in [4.78, 5) is 25.3. The first kappa shape index (κ1) is 17.5. The number of benzene rings is 2. The Bertz CT molecular complexity index is 777. The lowest BCUT2D eigenvalue weighted by atomic mass is 9.96. The number of nitrogens with one attached hydrogen (secondary N) is 2. The van der Waals surface area contributed by atoms with E-state index in [2.05, 4.69) is 29.7 Å². The zero-order chi connectivity index (χ0) is 17.8. The number of thioether (sulfide) groups is 1. The van der Waals surface area contributed by atoms with E-state index in [1.807, 2.05) is 37.3 Å². The van der Waals surface area contributed by atoms with Crippen LogP contribution in [0.2, 0.25) is 0 Å². The number of carbonyl (C=O) groups excluding carboxylic acids is 2. The smallest absolute Gasteiger partial charge is 0.251 e. The van der Waals surface area contributed by atoms with Crippen molar-refractivity contribution in [2.24, 2.45) is 0 Å². The van der Waals surface area contributed by atoms with Gasteiger partial charge < -0.3 is 10.6 Å². The normalized spacial score (nSPS) is 17.4. The molecule has 0 spiro atoms. The predicted molar refractivity (Wildman–Crippen MR) is 102 cm³/mol. The number of amides is 2. The van der Waals surface area contributed by atoms with Gasteiger partial charge in [0.05, 0.1) is 10.9 Å². The van der Waals surface area contributed by atoms with E-state index in [9.17, 15) is 9.59 Å². The average Bonchev–Trinajstić information content (AvgIpc) is 2.63. The maximum atomic E-state index is 12.5. The summed E-state index contributed by atoms with van der Waals surface area (Å²) in [6.07, 6.45) is 0.957. The van der Waals surface area contributed by atoms with Gasteiger partial charge in [-0.25, -0.2) is 0 Å². The number of fused-ring (bicyclic) bond motifs is 1. The third-order valence-electron chi connectivity index (χ3n) is 4.45. The molecule has 5 heteroatoms. The Morgan fingerprint density at radius 1 is 1.24 bits per heavy atom. The van der Waals surface area contributed by atoms with Gasteiger partial charge >= 0.3 is 0 Å². The molecule has 2 amide bonds. The average molecular weight is 354 g/mol. The largest absolute Gasteiger partial charge is 0.351 e. The van der Waals surface area contributed by atoms with Gasteiger partial charge in [-0.3, -0.25) is 9.59 Å². The molecule has 25 heavy (non-hydrogen) atoms. The van der Waals surface area contributed by atoms with Crippen molar-refractivity contribution in [2.75, 3.05) is 11.9 Å². The van der Waals surface area contributed by atoms with E-state index in [1.54, 1.807) is 6.07 Å². The fourth-order valence-electron chi connectivity index (χ4n) is 2.89. The van der Waals surface area contributed by atoms with E-state index >= 15 is 0 Å². The number of hydrogen-bond acceptors (Lipinski definition) is 3. The molecule has 0 bridgehead atoms. The Morgan fingerprint density at radius 3 is 2.72 bits per heavy atom. The topological polar surface area (TPSA) is 58.2 Å². The quantitative estimate of drug-likeness (QED) is 0.852. The summed E-state index contributed by atoms with van der Waals surface area (Å²) in [6.45, 7) is 4.59. The van der Waals surface area contributed by atoms with Crippen LogP contribution in [0.15, 0.2) is 53.4 Å². The first-order valence-corrected chi connectivity index (χ1v) is 9.41. The summed E-state index contributed by atoms with van der Waals surface area (Å²) in [5.41, 5.74) is 2.52. The second kappa shape index (κ2) is 7.74. The molecule has 1 aliphatic heterocycles. The van der Waals surface area contributed by atoms with E-state index in [-0.39, 0.29) is 17.1 Å². The van der Waals surface area contributed by atoms with Crippen molar-refractivity contribution in [3.63, 3.8) is 0 Å². The van der Waals surface area contributed by atoms with E-state index < -0.39 is 0 Å². The molecule has 0 fully saturated rings. The highest BCUT2D eigenvalue weighted by Crippen LogP contribution is 2.35. The Hall–Kier alpha value is -2.27. The standard InChI is InChI=1S/C20H22N2O2S/c1-3-14(15-7-5-4-6-8-15)12-21-20(24)16-9-10-18-17(11-16)22-19(23)13(2)25-18/h4-11,13-14H,3,12H2,1-2H3,(H,21,24)(H,22,23). The molecule has 1 aliphatic rings. The van der Waals surface area contributed by atoms with E-state index in [0.29, 0.717) is 18.0 Å². The fraction of sp³-hybridized carbons (Fsp3) is 0.300. The second-order valence-electron chi connectivity index (χ2n) is 6.19. The number of rotatable bonds is 5. The van der Waals surface area contributed by atoms with Gasteiger partial charge in [0.2, 0.25) is 5.91 Å². The lowest BCUT2D eigenvalue weighted by Gasteiger charge is -2.22. The molecule has 130 valence electrons. The maximum Gasteiger partial charge on any atom is 0.251 e. The minimum Gasteiger partial charge on any atom is -0.351 e. The van der Waals surface area contributed by atoms with Crippen LogP contribution in [0.4, 0.5) is 5.69 Å². The van der Waals surface area contributed by atoms with Gasteiger partial charge in [-0.05, 0) is 37.1 Å². The van der Waals surface area contributed by atoms with Crippen molar-refractivity contribution in [3.8, 4) is 0 Å². The van der Waals surface area contributed by atoms with Crippen molar-refractivity contribution in [1.29, 1.82) is 0 Å². The minimum atomic E-state index is -0.116. The molecule has 2 unspecified atom stereocenters. The molecule has 2 aromatic carbocycles. The Balaban J connectivity index is 1.67. The van der Waals surface area contributed by atoms with E-state index in [1.165, 1.54) is 17.3 Å². The number of anilines is 1. The van der Waals surface area contributed by atoms with Crippen LogP contribution < -0.4 is 10.6 Å². The van der Waals surface area contributed by atoms with Crippen LogP contribution in [0.5, 0.6) is 0 Å². The van der Waals surface area contributed by atoms with Gasteiger partial charge in [0.25, 0.3) is 5.91 Å². The van der Waals surface area contributed by atoms with E-state index in [0.717, 1.165) is 17.0 Å². The molecule has 4 nitrogen and oxygen atoms in total. The zero-order valence-electron chi connectivity index (χ0n) is 14.4. The van der Waals surface area contributed by atoms with Crippen molar-refractivity contribution >= 4 is 29.3 Å². The van der Waals surface area contributed by atoms with Crippen molar-refractivity contribution in [2.45, 2.75) is 36.3 Å². The summed E-state index contributed by atoms with van der Waals surface area (Å²) in [6, 6.07) is 15.7. The van der Waals surface area contributed by atoms with Crippen LogP contribution in [0.25, 0.3) is 0 Å². The molecular weight excluding hydrogens is 332 g/mol. The van der Waals surface area contributed by atoms with Crippen LogP contribution in [0.3, 0.4) is 0 Å². The van der Waals surface area contributed by atoms with Crippen molar-refractivity contribution in [1.82, 2.24) is 5.32 Å². The summed E-state index contributed by atoms with van der Waals surface area (Å²) < 4.78 is 0. The van der Waals surface area contributed by atoms with Crippen LogP contribution in [0, 0.1) is 0 Å². The fourth-order valence-corrected chi connectivity index (χ4v) is 3.82. The maximum absolute atomic E-state index is 12.5. The number of carbonyl (C=O) groups is 2. The third-order valence-corrected chi connectivity index (χ3v) is 5.62. The van der Waals surface area contributed by atoms with Gasteiger partial charge in [-0.1, -0.05) is 37.3 Å². The van der Waals surface area contributed by atoms with Crippen LogP contribution in [-0.4, -0.2) is 23.6 Å². The highest BCUT2D eigenvalue weighted by molar-refractivity contribution is 8.00. The predicted octanol–water partition coefficient (Wildman–Crippen LogP) is 4.04. The van der Waals surface area contributed by atoms with Crippen LogP contribution >= 0.6 is 11.8 Å². The Morgan fingerprint density at radius 2 is 2.00 bits per heavy atom. The van der Waals surface area contributed by atoms with Crippen LogP contribution in [0.1, 0.15) is 42.1 Å². The molecular formula is C20H22N2O2S. The molecule has 0 aliphatic carbocycles. The lowest BCUT2D eigenvalue weighted by molar-refractivity contribution is -0.115. The lowest BCUT2D eigenvalue weighted by Crippen LogP contribution is -2.29. The van der Waals surface area contributed by atoms with Gasteiger partial charge in [0.1, 0.15) is 0 Å². The van der Waals surface area contributed by atoms with Gasteiger partial charge in [-0.2, -0.15) is 0 Å². The van der Waals surface area contributed by atoms with Crippen molar-refractivity contribution < 1.29 is 9.59 Å². The Labute approximate surface area is 152 Å². The zero-order valence-corrected chi connectivity index (χ0v) is 15.2. The van der Waals surface area contributed by atoms with Gasteiger partial charge in [-0.15, -0.1) is 11.8 Å². The van der Waals surface area contributed by atoms with Gasteiger partial charge in [0.15, 0.2) is 0 Å². The summed E-state index contributed by atoms with van der Waals surface area (Å²) >= 11 is 1.52. The monoisotopic (exact) mass is 354 g/mol. The minimum absolute atomic E-state index is 0.0230. The molecule has 2 aromatic rings. The SMILES string of the molecule is CCC(CNC(=O)c1ccc2c(c1)NC(=O)C(C)S2)c1ccccc1. The highest BCUT2D eigenvalue weighted by atomic mass is 32.2. The third kappa shape index (κ3) is 4.04. The molecule has 0 saturated carbocycles. The molecule has 2 atom stereocenters. The molecule has 0 saturated heterocycles. The van der Waals surface area contributed by atoms with Crippen LogP contribution in [-0.2, 0) is 4.79 Å². The summed E-state index contributed by atoms with van der Waals surface area (Å²) in [5.74, 6) is 0.152. The highest BCUT2D eigenvalue weighted by Gasteiger charge is 2.23. The van der Waals surface area contributed by atoms with Gasteiger partial charge in [0, 0.05) is 22.9 Å². The molecule has 2 N–H and O–H groups in total. The summed E-state index contributed by atoms with van der Waals surface area (Å²) in [5, 5.41) is 5.78. The first-order chi connectivity index (χ1) is 12.1.